The second-order valence-electron chi connectivity index (χ2n) is 4.89. The first-order chi connectivity index (χ1) is 11.6. The quantitative estimate of drug-likeness (QED) is 0.800. The Bertz CT molecular complexity index is 764. The van der Waals surface area contributed by atoms with Crippen molar-refractivity contribution >= 4 is 23.2 Å². The number of benzene rings is 2. The Morgan fingerprint density at radius 1 is 1.04 bits per heavy atom. The molecule has 0 radical (unpaired) electrons. The van der Waals surface area contributed by atoms with Crippen molar-refractivity contribution in [2.24, 2.45) is 0 Å². The Morgan fingerprint density at radius 2 is 1.71 bits per heavy atom. The van der Waals surface area contributed by atoms with Crippen LogP contribution in [0.2, 0.25) is 0 Å². The molecule has 0 unspecified atom stereocenters. The molecule has 0 bridgehead atoms. The van der Waals surface area contributed by atoms with Crippen LogP contribution in [0.25, 0.3) is 0 Å². The largest absolute Gasteiger partial charge is 0.494 e. The standard InChI is InChI=1S/C18H17N3O3/c1-2-24-15-9-7-14(8-10-15)20-17(22)11-18(23)21-16-6-4-3-5-13(16)12-19/h3-10H,2,11H2,1H3,(H,20,22)(H,21,23). The maximum absolute atomic E-state index is 11.9. The monoisotopic (exact) mass is 323 g/mol. The molecule has 0 fully saturated rings. The van der Waals surface area contributed by atoms with Crippen LogP contribution in [-0.2, 0) is 9.59 Å². The van der Waals surface area contributed by atoms with E-state index in [4.69, 9.17) is 10.00 Å². The van der Waals surface area contributed by atoms with Crippen molar-refractivity contribution in [2.75, 3.05) is 17.2 Å². The number of hydrogen-bond acceptors (Lipinski definition) is 4. The summed E-state index contributed by atoms with van der Waals surface area (Å²) in [5, 5.41) is 14.2. The van der Waals surface area contributed by atoms with Crippen LogP contribution >= 0.6 is 0 Å². The number of anilines is 2. The molecule has 0 heterocycles. The zero-order chi connectivity index (χ0) is 17.4. The van der Waals surface area contributed by atoms with Crippen molar-refractivity contribution in [1.29, 1.82) is 5.26 Å². The van der Waals surface area contributed by atoms with Crippen LogP contribution in [0, 0.1) is 11.3 Å². The number of nitrogens with one attached hydrogen (secondary N) is 2. The van der Waals surface area contributed by atoms with Crippen molar-refractivity contribution in [3.05, 3.63) is 54.1 Å². The van der Waals surface area contributed by atoms with Crippen molar-refractivity contribution in [3.8, 4) is 11.8 Å². The summed E-state index contributed by atoms with van der Waals surface area (Å²) >= 11 is 0. The third-order valence-corrected chi connectivity index (χ3v) is 3.09. The normalized spacial score (nSPS) is 9.67. The average Bonchev–Trinajstić information content (AvgIpc) is 2.57. The lowest BCUT2D eigenvalue weighted by Crippen LogP contribution is -2.21. The number of nitriles is 1. The Hall–Kier alpha value is -3.33. The zero-order valence-electron chi connectivity index (χ0n) is 13.2. The molecule has 2 N–H and O–H groups in total. The molecule has 2 rings (SSSR count). The summed E-state index contributed by atoms with van der Waals surface area (Å²) in [6.45, 7) is 2.45. The third-order valence-electron chi connectivity index (χ3n) is 3.09. The predicted octanol–water partition coefficient (Wildman–Crippen LogP) is 2.92. The van der Waals surface area contributed by atoms with E-state index in [2.05, 4.69) is 10.6 Å². The molecule has 122 valence electrons. The fourth-order valence-electron chi connectivity index (χ4n) is 2.04. The van der Waals surface area contributed by atoms with Gasteiger partial charge in [0.25, 0.3) is 0 Å². The van der Waals surface area contributed by atoms with E-state index >= 15 is 0 Å². The number of nitrogens with zero attached hydrogens (tertiary/aromatic N) is 1. The van der Waals surface area contributed by atoms with Gasteiger partial charge in [0.05, 0.1) is 17.9 Å². The molecule has 6 heteroatoms. The van der Waals surface area contributed by atoms with Gasteiger partial charge in [0, 0.05) is 5.69 Å². The van der Waals surface area contributed by atoms with Gasteiger partial charge in [-0.05, 0) is 43.3 Å². The van der Waals surface area contributed by atoms with Crippen LogP contribution in [0.4, 0.5) is 11.4 Å². The van der Waals surface area contributed by atoms with E-state index < -0.39 is 11.8 Å². The number of rotatable bonds is 6. The Morgan fingerprint density at radius 3 is 2.38 bits per heavy atom. The third kappa shape index (κ3) is 4.85. The first-order valence-electron chi connectivity index (χ1n) is 7.44. The fraction of sp³-hybridized carbons (Fsp3) is 0.167. The molecular formula is C18H17N3O3. The molecule has 0 aromatic heterocycles. The summed E-state index contributed by atoms with van der Waals surface area (Å²) in [6.07, 6.45) is -0.340. The van der Waals surface area contributed by atoms with E-state index in [1.807, 2.05) is 13.0 Å². The fourth-order valence-corrected chi connectivity index (χ4v) is 2.04. The average molecular weight is 323 g/mol. The van der Waals surface area contributed by atoms with Crippen molar-refractivity contribution in [2.45, 2.75) is 13.3 Å². The Balaban J connectivity index is 1.90. The van der Waals surface area contributed by atoms with Crippen LogP contribution in [0.3, 0.4) is 0 Å². The summed E-state index contributed by atoms with van der Waals surface area (Å²) in [6, 6.07) is 15.5. The second kappa shape index (κ2) is 8.34. The minimum absolute atomic E-state index is 0.340. The smallest absolute Gasteiger partial charge is 0.233 e. The highest BCUT2D eigenvalue weighted by Crippen LogP contribution is 2.16. The van der Waals surface area contributed by atoms with E-state index in [-0.39, 0.29) is 6.42 Å². The lowest BCUT2D eigenvalue weighted by Gasteiger charge is -2.08. The van der Waals surface area contributed by atoms with Gasteiger partial charge in [-0.25, -0.2) is 0 Å². The van der Waals surface area contributed by atoms with Gasteiger partial charge in [0.2, 0.25) is 11.8 Å². The molecule has 6 nitrogen and oxygen atoms in total. The number of carbonyl (C=O) groups is 2. The number of amides is 2. The van der Waals surface area contributed by atoms with Crippen LogP contribution < -0.4 is 15.4 Å². The predicted molar refractivity (Wildman–Crippen MR) is 90.6 cm³/mol. The molecule has 2 aromatic carbocycles. The highest BCUT2D eigenvalue weighted by atomic mass is 16.5. The summed E-state index contributed by atoms with van der Waals surface area (Å²) < 4.78 is 5.32. The number of hydrogen-bond donors (Lipinski definition) is 2. The van der Waals surface area contributed by atoms with Crippen LogP contribution in [0.15, 0.2) is 48.5 Å². The van der Waals surface area contributed by atoms with E-state index in [1.54, 1.807) is 48.5 Å². The van der Waals surface area contributed by atoms with Gasteiger partial charge in [-0.3, -0.25) is 9.59 Å². The number of ether oxygens (including phenoxy) is 1. The summed E-state index contributed by atoms with van der Waals surface area (Å²) in [7, 11) is 0. The van der Waals surface area contributed by atoms with Crippen molar-refractivity contribution in [1.82, 2.24) is 0 Å². The lowest BCUT2D eigenvalue weighted by atomic mass is 10.2. The minimum atomic E-state index is -0.485. The van der Waals surface area contributed by atoms with Gasteiger partial charge >= 0.3 is 0 Å². The van der Waals surface area contributed by atoms with E-state index in [0.29, 0.717) is 29.3 Å². The molecule has 2 amide bonds. The van der Waals surface area contributed by atoms with Crippen molar-refractivity contribution < 1.29 is 14.3 Å². The molecule has 0 aliphatic heterocycles. The maximum atomic E-state index is 11.9. The molecular weight excluding hydrogens is 306 g/mol. The summed E-state index contributed by atoms with van der Waals surface area (Å²) in [5.41, 5.74) is 1.31. The molecule has 24 heavy (non-hydrogen) atoms. The van der Waals surface area contributed by atoms with E-state index in [0.717, 1.165) is 0 Å². The van der Waals surface area contributed by atoms with Gasteiger partial charge in [-0.2, -0.15) is 5.26 Å². The van der Waals surface area contributed by atoms with Crippen molar-refractivity contribution in [3.63, 3.8) is 0 Å². The Labute approximate surface area is 140 Å². The van der Waals surface area contributed by atoms with Crippen LogP contribution in [-0.4, -0.2) is 18.4 Å². The second-order valence-corrected chi connectivity index (χ2v) is 4.89. The highest BCUT2D eigenvalue weighted by molar-refractivity contribution is 6.08. The summed E-state index contributed by atoms with van der Waals surface area (Å²) in [4.78, 5) is 23.8. The molecule has 0 spiro atoms. The van der Waals surface area contributed by atoms with Gasteiger partial charge < -0.3 is 15.4 Å². The van der Waals surface area contributed by atoms with Gasteiger partial charge in [-0.15, -0.1) is 0 Å². The first kappa shape index (κ1) is 17.0. The molecule has 0 aliphatic rings. The maximum Gasteiger partial charge on any atom is 0.233 e. The van der Waals surface area contributed by atoms with Gasteiger partial charge in [0.1, 0.15) is 18.2 Å². The highest BCUT2D eigenvalue weighted by Gasteiger charge is 2.11. The molecule has 2 aromatic rings. The molecule has 0 aliphatic carbocycles. The van der Waals surface area contributed by atoms with E-state index in [1.165, 1.54) is 0 Å². The van der Waals surface area contributed by atoms with Gasteiger partial charge in [-0.1, -0.05) is 12.1 Å². The molecule has 0 saturated carbocycles. The lowest BCUT2D eigenvalue weighted by molar-refractivity contribution is -0.123. The molecule has 0 saturated heterocycles. The van der Waals surface area contributed by atoms with Crippen LogP contribution in [0.5, 0.6) is 5.75 Å². The van der Waals surface area contributed by atoms with Crippen LogP contribution in [0.1, 0.15) is 18.9 Å². The SMILES string of the molecule is CCOc1ccc(NC(=O)CC(=O)Nc2ccccc2C#N)cc1. The van der Waals surface area contributed by atoms with Gasteiger partial charge in [0.15, 0.2) is 0 Å². The molecule has 0 atom stereocenters. The minimum Gasteiger partial charge on any atom is -0.494 e. The zero-order valence-corrected chi connectivity index (χ0v) is 13.2. The first-order valence-corrected chi connectivity index (χ1v) is 7.44. The Kier molecular flexibility index (Phi) is 5.92. The summed E-state index contributed by atoms with van der Waals surface area (Å²) in [5.74, 6) is -0.214. The topological polar surface area (TPSA) is 91.2 Å². The van der Waals surface area contributed by atoms with E-state index in [9.17, 15) is 9.59 Å². The number of carbonyl (C=O) groups excluding carboxylic acids is 2. The number of para-hydroxylation sites is 1.